The number of rotatable bonds is 7. The van der Waals surface area contributed by atoms with E-state index >= 15 is 0 Å². The van der Waals surface area contributed by atoms with E-state index < -0.39 is 0 Å². The number of carbonyl (C=O) groups excluding carboxylic acids is 2. The number of anilines is 1. The number of likely N-dealkylation sites (tertiary alicyclic amines) is 1. The molecule has 2 aromatic rings. The summed E-state index contributed by atoms with van der Waals surface area (Å²) in [6.07, 6.45) is 2.25. The average molecular weight is 453 g/mol. The minimum atomic E-state index is -0.221. The Morgan fingerprint density at radius 3 is 2.28 bits per heavy atom. The van der Waals surface area contributed by atoms with Crippen LogP contribution < -0.4 is 5.32 Å². The van der Waals surface area contributed by atoms with Crippen LogP contribution >= 0.6 is 11.8 Å². The molecule has 2 heterocycles. The van der Waals surface area contributed by atoms with Gasteiger partial charge in [0.15, 0.2) is 0 Å². The van der Waals surface area contributed by atoms with Gasteiger partial charge in [-0.1, -0.05) is 42.1 Å². The van der Waals surface area contributed by atoms with E-state index in [4.69, 9.17) is 0 Å². The number of nitrogens with one attached hydrogen (secondary N) is 1. The van der Waals surface area contributed by atoms with Gasteiger partial charge in [0.25, 0.3) is 0 Å². The summed E-state index contributed by atoms with van der Waals surface area (Å²) in [5, 5.41) is 3.13. The second kappa shape index (κ2) is 11.0. The van der Waals surface area contributed by atoms with Crippen molar-refractivity contribution in [3.05, 3.63) is 54.6 Å². The van der Waals surface area contributed by atoms with Gasteiger partial charge in [-0.3, -0.25) is 19.4 Å². The third kappa shape index (κ3) is 5.91. The van der Waals surface area contributed by atoms with Crippen molar-refractivity contribution in [3.8, 4) is 0 Å². The topological polar surface area (TPSA) is 55.9 Å². The molecule has 6 nitrogen and oxygen atoms in total. The summed E-state index contributed by atoms with van der Waals surface area (Å²) in [6.45, 7) is 7.49. The molecule has 2 amide bonds. The number of nitrogens with zero attached hydrogens (tertiary/aromatic N) is 3. The van der Waals surface area contributed by atoms with E-state index in [1.54, 1.807) is 11.8 Å². The fourth-order valence-corrected chi connectivity index (χ4v) is 5.17. The molecule has 2 aliphatic rings. The third-order valence-electron chi connectivity index (χ3n) is 6.27. The first-order valence-corrected chi connectivity index (χ1v) is 12.3. The Balaban J connectivity index is 1.29. The highest BCUT2D eigenvalue weighted by atomic mass is 32.2. The molecule has 0 saturated carbocycles. The Hall–Kier alpha value is -2.35. The number of para-hydroxylation sites is 1. The van der Waals surface area contributed by atoms with Crippen molar-refractivity contribution < 1.29 is 9.59 Å². The molecule has 0 aromatic heterocycles. The van der Waals surface area contributed by atoms with E-state index in [1.165, 1.54) is 0 Å². The van der Waals surface area contributed by atoms with Crippen LogP contribution in [-0.2, 0) is 9.59 Å². The Bertz CT molecular complexity index is 909. The van der Waals surface area contributed by atoms with Crippen molar-refractivity contribution in [2.45, 2.75) is 35.6 Å². The number of hydrogen-bond donors (Lipinski definition) is 1. The molecule has 2 fully saturated rings. The zero-order chi connectivity index (χ0) is 22.3. The molecular formula is C25H32N4O2S. The first-order valence-electron chi connectivity index (χ1n) is 11.5. The molecule has 2 aliphatic heterocycles. The van der Waals surface area contributed by atoms with Gasteiger partial charge in [0, 0.05) is 49.1 Å². The summed E-state index contributed by atoms with van der Waals surface area (Å²) in [6, 6.07) is 17.9. The summed E-state index contributed by atoms with van der Waals surface area (Å²) < 4.78 is 0. The summed E-state index contributed by atoms with van der Waals surface area (Å²) in [5.74, 6) is 0.252. The minimum absolute atomic E-state index is 0.00713. The van der Waals surface area contributed by atoms with Crippen molar-refractivity contribution in [2.24, 2.45) is 0 Å². The lowest BCUT2D eigenvalue weighted by Crippen LogP contribution is -2.54. The van der Waals surface area contributed by atoms with Gasteiger partial charge in [0.2, 0.25) is 11.8 Å². The largest absolute Gasteiger partial charge is 0.342 e. The summed E-state index contributed by atoms with van der Waals surface area (Å²) in [7, 11) is 0. The minimum Gasteiger partial charge on any atom is -0.342 e. The molecule has 0 aliphatic carbocycles. The zero-order valence-corrected chi connectivity index (χ0v) is 19.5. The monoisotopic (exact) mass is 452 g/mol. The van der Waals surface area contributed by atoms with Crippen LogP contribution in [0.15, 0.2) is 64.4 Å². The van der Waals surface area contributed by atoms with Crippen LogP contribution in [0.4, 0.5) is 5.69 Å². The lowest BCUT2D eigenvalue weighted by Gasteiger charge is -2.37. The van der Waals surface area contributed by atoms with Crippen molar-refractivity contribution >= 4 is 29.3 Å². The predicted octanol–water partition coefficient (Wildman–Crippen LogP) is 3.40. The van der Waals surface area contributed by atoms with Crippen molar-refractivity contribution in [2.75, 3.05) is 51.1 Å². The quantitative estimate of drug-likeness (QED) is 0.698. The summed E-state index contributed by atoms with van der Waals surface area (Å²) in [5.41, 5.74) is 0.841. The maximum absolute atomic E-state index is 13.0. The van der Waals surface area contributed by atoms with Crippen LogP contribution in [0.5, 0.6) is 0 Å². The average Bonchev–Trinajstić information content (AvgIpc) is 3.36. The molecule has 170 valence electrons. The Morgan fingerprint density at radius 2 is 1.56 bits per heavy atom. The van der Waals surface area contributed by atoms with E-state index in [0.717, 1.165) is 67.6 Å². The van der Waals surface area contributed by atoms with E-state index in [1.807, 2.05) is 54.3 Å². The highest BCUT2D eigenvalue weighted by Gasteiger charge is 2.28. The molecule has 2 aromatic carbocycles. The molecule has 4 rings (SSSR count). The maximum Gasteiger partial charge on any atom is 0.241 e. The molecule has 32 heavy (non-hydrogen) atoms. The lowest BCUT2D eigenvalue weighted by molar-refractivity contribution is -0.132. The van der Waals surface area contributed by atoms with Crippen molar-refractivity contribution in [1.82, 2.24) is 14.7 Å². The van der Waals surface area contributed by atoms with Gasteiger partial charge in [-0.25, -0.2) is 0 Å². The van der Waals surface area contributed by atoms with Gasteiger partial charge in [0.05, 0.1) is 18.3 Å². The highest BCUT2D eigenvalue weighted by Crippen LogP contribution is 2.33. The second-order valence-electron chi connectivity index (χ2n) is 8.48. The summed E-state index contributed by atoms with van der Waals surface area (Å²) >= 11 is 1.65. The fraction of sp³-hybridized carbons (Fsp3) is 0.440. The molecule has 2 saturated heterocycles. The van der Waals surface area contributed by atoms with Gasteiger partial charge < -0.3 is 10.2 Å². The lowest BCUT2D eigenvalue weighted by atomic mass is 10.2. The predicted molar refractivity (Wildman–Crippen MR) is 129 cm³/mol. The first kappa shape index (κ1) is 22.8. The Labute approximate surface area is 194 Å². The molecule has 1 atom stereocenters. The van der Waals surface area contributed by atoms with Gasteiger partial charge in [-0.2, -0.15) is 0 Å². The number of amides is 2. The van der Waals surface area contributed by atoms with E-state index in [2.05, 4.69) is 27.2 Å². The first-order chi connectivity index (χ1) is 15.6. The molecule has 0 bridgehead atoms. The highest BCUT2D eigenvalue weighted by molar-refractivity contribution is 7.99. The van der Waals surface area contributed by atoms with E-state index in [-0.39, 0.29) is 17.9 Å². The van der Waals surface area contributed by atoms with Gasteiger partial charge in [-0.15, -0.1) is 0 Å². The maximum atomic E-state index is 13.0. The molecule has 1 unspecified atom stereocenters. The van der Waals surface area contributed by atoms with Crippen molar-refractivity contribution in [1.29, 1.82) is 0 Å². The molecule has 7 heteroatoms. The smallest absolute Gasteiger partial charge is 0.241 e. The van der Waals surface area contributed by atoms with Crippen LogP contribution in [-0.4, -0.2) is 78.4 Å². The van der Waals surface area contributed by atoms with Crippen LogP contribution in [0.2, 0.25) is 0 Å². The Morgan fingerprint density at radius 1 is 0.906 bits per heavy atom. The standard InChI is InChI=1S/C25H32N4O2S/c1-20(28-17-15-27(16-18-28)19-24(30)29-13-7-8-14-29)25(31)26-22-11-5-6-12-23(22)32-21-9-3-2-4-10-21/h2-6,9-12,20H,7-8,13-19H2,1H3,(H,26,31). The fourth-order valence-electron chi connectivity index (χ4n) is 4.24. The number of carbonyl (C=O) groups is 2. The van der Waals surface area contributed by atoms with Crippen LogP contribution in [0.3, 0.4) is 0 Å². The zero-order valence-electron chi connectivity index (χ0n) is 18.7. The second-order valence-corrected chi connectivity index (χ2v) is 9.59. The van der Waals surface area contributed by atoms with Crippen LogP contribution in [0.25, 0.3) is 0 Å². The normalized spacial score (nSPS) is 18.5. The van der Waals surface area contributed by atoms with Gasteiger partial charge >= 0.3 is 0 Å². The van der Waals surface area contributed by atoms with Crippen molar-refractivity contribution in [3.63, 3.8) is 0 Å². The Kier molecular flexibility index (Phi) is 7.84. The number of benzene rings is 2. The molecule has 0 radical (unpaired) electrons. The SMILES string of the molecule is CC(C(=O)Nc1ccccc1Sc1ccccc1)N1CCN(CC(=O)N2CCCC2)CC1. The van der Waals surface area contributed by atoms with Crippen LogP contribution in [0, 0.1) is 0 Å². The van der Waals surface area contributed by atoms with E-state index in [9.17, 15) is 9.59 Å². The van der Waals surface area contributed by atoms with Gasteiger partial charge in [0.1, 0.15) is 0 Å². The van der Waals surface area contributed by atoms with Gasteiger partial charge in [-0.05, 0) is 44.0 Å². The summed E-state index contributed by atoms with van der Waals surface area (Å²) in [4.78, 5) is 34.0. The molecular weight excluding hydrogens is 420 g/mol. The van der Waals surface area contributed by atoms with E-state index in [0.29, 0.717) is 6.54 Å². The molecule has 1 N–H and O–H groups in total. The third-order valence-corrected chi connectivity index (χ3v) is 7.35. The number of piperazine rings is 1. The number of hydrogen-bond acceptors (Lipinski definition) is 5. The molecule has 0 spiro atoms. The van der Waals surface area contributed by atoms with Crippen LogP contribution in [0.1, 0.15) is 19.8 Å².